The SMILES string of the molecule is Cc1c(C(=O)OCCc2ccccc2)sc2ncnc(NCCO)c12. The van der Waals surface area contributed by atoms with Crippen molar-refractivity contribution in [2.24, 2.45) is 0 Å². The van der Waals surface area contributed by atoms with Crippen LogP contribution >= 0.6 is 11.3 Å². The lowest BCUT2D eigenvalue weighted by Crippen LogP contribution is -2.09. The van der Waals surface area contributed by atoms with Crippen molar-refractivity contribution in [3.8, 4) is 0 Å². The Kier molecular flexibility index (Phi) is 5.57. The molecule has 0 radical (unpaired) electrons. The van der Waals surface area contributed by atoms with Crippen molar-refractivity contribution in [2.75, 3.05) is 25.1 Å². The molecule has 2 heterocycles. The van der Waals surface area contributed by atoms with Gasteiger partial charge >= 0.3 is 5.97 Å². The molecule has 7 heteroatoms. The van der Waals surface area contributed by atoms with E-state index in [1.165, 1.54) is 17.7 Å². The van der Waals surface area contributed by atoms with Crippen LogP contribution < -0.4 is 5.32 Å². The summed E-state index contributed by atoms with van der Waals surface area (Å²) < 4.78 is 5.43. The first-order valence-electron chi connectivity index (χ1n) is 8.00. The molecule has 6 nitrogen and oxygen atoms in total. The number of rotatable bonds is 7. The normalized spacial score (nSPS) is 10.8. The van der Waals surface area contributed by atoms with Crippen molar-refractivity contribution < 1.29 is 14.6 Å². The average molecular weight is 357 g/mol. The van der Waals surface area contributed by atoms with Crippen LogP contribution in [0.3, 0.4) is 0 Å². The van der Waals surface area contributed by atoms with Crippen LogP contribution in [0.15, 0.2) is 36.7 Å². The predicted octanol–water partition coefficient (Wildman–Crippen LogP) is 2.80. The van der Waals surface area contributed by atoms with Crippen molar-refractivity contribution in [2.45, 2.75) is 13.3 Å². The van der Waals surface area contributed by atoms with E-state index in [9.17, 15) is 4.79 Å². The second-order valence-electron chi connectivity index (χ2n) is 5.48. The third kappa shape index (κ3) is 3.94. The first-order chi connectivity index (χ1) is 12.2. The number of nitrogens with one attached hydrogen (secondary N) is 1. The highest BCUT2D eigenvalue weighted by Crippen LogP contribution is 2.33. The van der Waals surface area contributed by atoms with Gasteiger partial charge in [0, 0.05) is 13.0 Å². The highest BCUT2D eigenvalue weighted by molar-refractivity contribution is 7.20. The van der Waals surface area contributed by atoms with E-state index < -0.39 is 0 Å². The third-order valence-electron chi connectivity index (χ3n) is 3.78. The molecule has 1 aromatic carbocycles. The van der Waals surface area contributed by atoms with E-state index in [1.807, 2.05) is 37.3 Å². The van der Waals surface area contributed by atoms with E-state index in [4.69, 9.17) is 9.84 Å². The summed E-state index contributed by atoms with van der Waals surface area (Å²) in [5, 5.41) is 12.8. The Morgan fingerprint density at radius 1 is 1.28 bits per heavy atom. The summed E-state index contributed by atoms with van der Waals surface area (Å²) in [6.45, 7) is 2.58. The molecule has 0 unspecified atom stereocenters. The summed E-state index contributed by atoms with van der Waals surface area (Å²) in [7, 11) is 0. The Bertz CT molecular complexity index is 865. The summed E-state index contributed by atoms with van der Waals surface area (Å²) in [4.78, 5) is 22.1. The fourth-order valence-electron chi connectivity index (χ4n) is 2.55. The number of aliphatic hydroxyl groups is 1. The Balaban J connectivity index is 1.74. The van der Waals surface area contributed by atoms with E-state index >= 15 is 0 Å². The first-order valence-corrected chi connectivity index (χ1v) is 8.82. The quantitative estimate of drug-likeness (QED) is 0.633. The van der Waals surface area contributed by atoms with Gasteiger partial charge in [-0.05, 0) is 18.1 Å². The number of carbonyl (C=O) groups excluding carboxylic acids is 1. The van der Waals surface area contributed by atoms with Crippen LogP contribution in [0.5, 0.6) is 0 Å². The number of thiophene rings is 1. The predicted molar refractivity (Wildman–Crippen MR) is 98.2 cm³/mol. The minimum absolute atomic E-state index is 0.00304. The van der Waals surface area contributed by atoms with Gasteiger partial charge in [0.25, 0.3) is 0 Å². The Morgan fingerprint density at radius 3 is 2.84 bits per heavy atom. The number of fused-ring (bicyclic) bond motifs is 1. The molecule has 0 saturated heterocycles. The molecule has 0 atom stereocenters. The van der Waals surface area contributed by atoms with Gasteiger partial charge in [-0.2, -0.15) is 0 Å². The highest BCUT2D eigenvalue weighted by Gasteiger charge is 2.20. The number of benzene rings is 1. The molecule has 0 aliphatic carbocycles. The van der Waals surface area contributed by atoms with E-state index in [-0.39, 0.29) is 12.6 Å². The van der Waals surface area contributed by atoms with Crippen molar-refractivity contribution in [3.05, 3.63) is 52.7 Å². The molecule has 3 rings (SSSR count). The van der Waals surface area contributed by atoms with Crippen molar-refractivity contribution in [1.29, 1.82) is 0 Å². The zero-order valence-electron chi connectivity index (χ0n) is 13.9. The fourth-order valence-corrected chi connectivity index (χ4v) is 3.59. The first kappa shape index (κ1) is 17.3. The van der Waals surface area contributed by atoms with Crippen LogP contribution in [-0.4, -0.2) is 40.8 Å². The number of esters is 1. The maximum absolute atomic E-state index is 12.4. The number of hydrogen-bond acceptors (Lipinski definition) is 7. The van der Waals surface area contributed by atoms with Gasteiger partial charge in [-0.1, -0.05) is 30.3 Å². The molecule has 2 aromatic heterocycles. The number of nitrogens with zero attached hydrogens (tertiary/aromatic N) is 2. The maximum Gasteiger partial charge on any atom is 0.348 e. The second kappa shape index (κ2) is 8.04. The van der Waals surface area contributed by atoms with E-state index in [0.29, 0.717) is 30.3 Å². The van der Waals surface area contributed by atoms with Crippen molar-refractivity contribution in [3.63, 3.8) is 0 Å². The van der Waals surface area contributed by atoms with Crippen molar-refractivity contribution in [1.82, 2.24) is 9.97 Å². The molecular weight excluding hydrogens is 338 g/mol. The molecule has 0 spiro atoms. The third-order valence-corrected chi connectivity index (χ3v) is 4.96. The van der Waals surface area contributed by atoms with E-state index in [1.54, 1.807) is 0 Å². The van der Waals surface area contributed by atoms with Crippen LogP contribution in [0.4, 0.5) is 5.82 Å². The van der Waals surface area contributed by atoms with Gasteiger partial charge < -0.3 is 15.2 Å². The smallest absolute Gasteiger partial charge is 0.348 e. The van der Waals surface area contributed by atoms with Crippen LogP contribution in [0.2, 0.25) is 0 Å². The minimum Gasteiger partial charge on any atom is -0.461 e. The summed E-state index contributed by atoms with van der Waals surface area (Å²) in [5.74, 6) is 0.278. The van der Waals surface area contributed by atoms with Gasteiger partial charge in [-0.3, -0.25) is 0 Å². The molecule has 25 heavy (non-hydrogen) atoms. The molecule has 130 valence electrons. The number of carbonyl (C=O) groups is 1. The standard InChI is InChI=1S/C18H19N3O3S/c1-12-14-16(19-8-9-22)20-11-21-17(14)25-15(12)18(23)24-10-7-13-5-3-2-4-6-13/h2-6,11,22H,7-10H2,1H3,(H,19,20,21). The molecule has 0 bridgehead atoms. The van der Waals surface area contributed by atoms with Gasteiger partial charge in [0.05, 0.1) is 18.6 Å². The maximum atomic E-state index is 12.4. The monoisotopic (exact) mass is 357 g/mol. The second-order valence-corrected chi connectivity index (χ2v) is 6.48. The van der Waals surface area contributed by atoms with Gasteiger partial charge in [0.15, 0.2) is 0 Å². The van der Waals surface area contributed by atoms with Crippen molar-refractivity contribution >= 4 is 33.3 Å². The lowest BCUT2D eigenvalue weighted by molar-refractivity contribution is 0.0514. The van der Waals surface area contributed by atoms with E-state index in [0.717, 1.165) is 21.3 Å². The zero-order chi connectivity index (χ0) is 17.6. The van der Waals surface area contributed by atoms with Crippen LogP contribution in [0, 0.1) is 6.92 Å². The summed E-state index contributed by atoms with van der Waals surface area (Å²) in [6.07, 6.45) is 2.13. The molecule has 0 aliphatic rings. The number of aromatic nitrogens is 2. The molecule has 0 fully saturated rings. The lowest BCUT2D eigenvalue weighted by atomic mass is 10.2. The van der Waals surface area contributed by atoms with Crippen LogP contribution in [-0.2, 0) is 11.2 Å². The van der Waals surface area contributed by atoms with Crippen LogP contribution in [0.1, 0.15) is 20.8 Å². The van der Waals surface area contributed by atoms with E-state index in [2.05, 4.69) is 15.3 Å². The average Bonchev–Trinajstić information content (AvgIpc) is 2.98. The number of aryl methyl sites for hydroxylation is 1. The number of hydrogen-bond donors (Lipinski definition) is 2. The minimum atomic E-state index is -0.343. The zero-order valence-corrected chi connectivity index (χ0v) is 14.7. The molecule has 3 aromatic rings. The molecule has 0 aliphatic heterocycles. The number of aliphatic hydroxyl groups excluding tert-OH is 1. The number of anilines is 1. The van der Waals surface area contributed by atoms with Gasteiger partial charge in [-0.25, -0.2) is 14.8 Å². The van der Waals surface area contributed by atoms with Gasteiger partial charge in [0.1, 0.15) is 21.9 Å². The molecular formula is C18H19N3O3S. The fraction of sp³-hybridized carbons (Fsp3) is 0.278. The Morgan fingerprint density at radius 2 is 2.08 bits per heavy atom. The Labute approximate surface area is 149 Å². The topological polar surface area (TPSA) is 84.3 Å². The van der Waals surface area contributed by atoms with Gasteiger partial charge in [0.2, 0.25) is 0 Å². The largest absolute Gasteiger partial charge is 0.461 e. The highest BCUT2D eigenvalue weighted by atomic mass is 32.1. The van der Waals surface area contributed by atoms with Crippen LogP contribution in [0.25, 0.3) is 10.2 Å². The molecule has 0 amide bonds. The molecule has 2 N–H and O–H groups in total. The number of ether oxygens (including phenoxy) is 1. The molecule has 0 saturated carbocycles. The summed E-state index contributed by atoms with van der Waals surface area (Å²) in [5.41, 5.74) is 1.93. The summed E-state index contributed by atoms with van der Waals surface area (Å²) >= 11 is 1.30. The Hall–Kier alpha value is -2.51. The van der Waals surface area contributed by atoms with Gasteiger partial charge in [-0.15, -0.1) is 11.3 Å². The summed E-state index contributed by atoms with van der Waals surface area (Å²) in [6, 6.07) is 9.90. The lowest BCUT2D eigenvalue weighted by Gasteiger charge is -2.06.